The van der Waals surface area contributed by atoms with Gasteiger partial charge in [-0.25, -0.2) is 4.79 Å². The van der Waals surface area contributed by atoms with E-state index in [0.29, 0.717) is 15.6 Å². The molecule has 0 atom stereocenters. The molecule has 3 aromatic rings. The molecule has 2 aromatic carbocycles. The van der Waals surface area contributed by atoms with Crippen LogP contribution in [0.1, 0.15) is 10.4 Å². The number of esters is 1. The maximum absolute atomic E-state index is 11.7. The van der Waals surface area contributed by atoms with Crippen molar-refractivity contribution in [2.24, 2.45) is 0 Å². The summed E-state index contributed by atoms with van der Waals surface area (Å²) in [5, 5.41) is 1.94. The Morgan fingerprint density at radius 1 is 1.05 bits per heavy atom. The first-order chi connectivity index (χ1) is 10.6. The van der Waals surface area contributed by atoms with Crippen LogP contribution in [0.5, 0.6) is 0 Å². The Kier molecular flexibility index (Phi) is 4.01. The number of carbonyl (C=O) groups excluding carboxylic acids is 1. The van der Waals surface area contributed by atoms with E-state index >= 15 is 0 Å². The summed E-state index contributed by atoms with van der Waals surface area (Å²) in [4.78, 5) is 16.0. The number of ether oxygens (including phenoxy) is 1. The highest BCUT2D eigenvalue weighted by atomic mass is 35.5. The number of carbonyl (C=O) groups is 1. The normalized spacial score (nSPS) is 10.7. The summed E-state index contributed by atoms with van der Waals surface area (Å²) in [5.41, 5.74) is 2.96. The van der Waals surface area contributed by atoms with E-state index in [4.69, 9.17) is 27.9 Å². The Morgan fingerprint density at radius 3 is 2.59 bits per heavy atom. The minimum atomic E-state index is -0.390. The van der Waals surface area contributed by atoms with Crippen molar-refractivity contribution in [1.82, 2.24) is 4.98 Å². The first-order valence-corrected chi connectivity index (χ1v) is 7.28. The molecule has 0 bridgehead atoms. The third-order valence-electron chi connectivity index (χ3n) is 3.38. The Hall–Kier alpha value is -2.10. The zero-order valence-corrected chi connectivity index (χ0v) is 13.2. The maximum Gasteiger partial charge on any atom is 0.337 e. The average Bonchev–Trinajstić information content (AvgIpc) is 2.53. The van der Waals surface area contributed by atoms with Crippen molar-refractivity contribution in [2.75, 3.05) is 7.11 Å². The number of pyridine rings is 1. The molecule has 0 aliphatic carbocycles. The lowest BCUT2D eigenvalue weighted by atomic mass is 10.00. The van der Waals surface area contributed by atoms with Crippen LogP contribution in [0.15, 0.2) is 48.7 Å². The number of hydrogen-bond acceptors (Lipinski definition) is 3. The van der Waals surface area contributed by atoms with Crippen LogP contribution in [-0.2, 0) is 4.74 Å². The van der Waals surface area contributed by atoms with Crippen LogP contribution in [0.2, 0.25) is 10.0 Å². The molecule has 0 radical (unpaired) electrons. The summed E-state index contributed by atoms with van der Waals surface area (Å²) in [6.07, 6.45) is 1.71. The van der Waals surface area contributed by atoms with Gasteiger partial charge in [-0.2, -0.15) is 0 Å². The Morgan fingerprint density at radius 2 is 1.86 bits per heavy atom. The van der Waals surface area contributed by atoms with E-state index < -0.39 is 0 Å². The lowest BCUT2D eigenvalue weighted by molar-refractivity contribution is 0.0601. The number of aromatic nitrogens is 1. The quantitative estimate of drug-likeness (QED) is 0.620. The second kappa shape index (κ2) is 5.95. The number of nitrogens with zero attached hydrogens (tertiary/aromatic N) is 1. The monoisotopic (exact) mass is 331 g/mol. The van der Waals surface area contributed by atoms with Crippen molar-refractivity contribution < 1.29 is 9.53 Å². The molecule has 3 rings (SSSR count). The minimum Gasteiger partial charge on any atom is -0.465 e. The predicted molar refractivity (Wildman–Crippen MR) is 88.5 cm³/mol. The summed E-state index contributed by atoms with van der Waals surface area (Å²) in [6.45, 7) is 0. The highest BCUT2D eigenvalue weighted by Gasteiger charge is 2.12. The van der Waals surface area contributed by atoms with Crippen molar-refractivity contribution in [2.45, 2.75) is 0 Å². The van der Waals surface area contributed by atoms with Gasteiger partial charge in [0.2, 0.25) is 0 Å². The molecule has 0 spiro atoms. The van der Waals surface area contributed by atoms with Crippen LogP contribution in [0, 0.1) is 0 Å². The molecule has 0 saturated carbocycles. The number of hydrogen-bond donors (Lipinski definition) is 0. The number of fused-ring (bicyclic) bond motifs is 1. The summed E-state index contributed by atoms with van der Waals surface area (Å²) >= 11 is 12.2. The molecule has 0 N–H and O–H groups in total. The summed E-state index contributed by atoms with van der Waals surface area (Å²) in [6, 6.07) is 12.4. The van der Waals surface area contributed by atoms with E-state index in [9.17, 15) is 4.79 Å². The number of methoxy groups -OCH3 is 1. The fourth-order valence-corrected chi connectivity index (χ4v) is 2.84. The molecule has 1 heterocycles. The number of halogens is 2. The van der Waals surface area contributed by atoms with Gasteiger partial charge in [-0.15, -0.1) is 0 Å². The van der Waals surface area contributed by atoms with E-state index in [-0.39, 0.29) is 5.97 Å². The van der Waals surface area contributed by atoms with Crippen LogP contribution >= 0.6 is 23.2 Å². The Bertz CT molecular complexity index is 878. The Balaban J connectivity index is 2.26. The highest BCUT2D eigenvalue weighted by molar-refractivity contribution is 6.36. The molecule has 22 heavy (non-hydrogen) atoms. The van der Waals surface area contributed by atoms with Gasteiger partial charge in [0, 0.05) is 27.2 Å². The van der Waals surface area contributed by atoms with E-state index in [2.05, 4.69) is 4.98 Å². The molecule has 0 aliphatic heterocycles. The first kappa shape index (κ1) is 14.8. The van der Waals surface area contributed by atoms with Crippen molar-refractivity contribution in [3.63, 3.8) is 0 Å². The largest absolute Gasteiger partial charge is 0.465 e. The predicted octanol–water partition coefficient (Wildman–Crippen LogP) is 5.00. The van der Waals surface area contributed by atoms with Crippen molar-refractivity contribution >= 4 is 40.1 Å². The smallest absolute Gasteiger partial charge is 0.337 e. The molecule has 5 heteroatoms. The van der Waals surface area contributed by atoms with Gasteiger partial charge in [0.25, 0.3) is 0 Å². The van der Waals surface area contributed by atoms with Crippen molar-refractivity contribution in [1.29, 1.82) is 0 Å². The third kappa shape index (κ3) is 2.65. The number of rotatable bonds is 2. The molecule has 110 valence electrons. The molecule has 0 amide bonds. The summed E-state index contributed by atoms with van der Waals surface area (Å²) < 4.78 is 4.77. The van der Waals surface area contributed by atoms with Crippen LogP contribution in [0.4, 0.5) is 0 Å². The van der Waals surface area contributed by atoms with Gasteiger partial charge in [-0.3, -0.25) is 4.98 Å². The fourth-order valence-electron chi connectivity index (χ4n) is 2.33. The molecule has 0 saturated heterocycles. The lowest BCUT2D eigenvalue weighted by Gasteiger charge is -2.09. The summed E-state index contributed by atoms with van der Waals surface area (Å²) in [5.74, 6) is -0.390. The molecule has 0 aliphatic rings. The molecule has 0 fully saturated rings. The van der Waals surface area contributed by atoms with Gasteiger partial charge >= 0.3 is 5.97 Å². The zero-order valence-electron chi connectivity index (χ0n) is 11.6. The fraction of sp³-hybridized carbons (Fsp3) is 0.0588. The summed E-state index contributed by atoms with van der Waals surface area (Å²) in [7, 11) is 1.35. The van der Waals surface area contributed by atoms with E-state index in [1.54, 1.807) is 36.5 Å². The van der Waals surface area contributed by atoms with Crippen LogP contribution in [0.25, 0.3) is 22.0 Å². The average molecular weight is 332 g/mol. The lowest BCUT2D eigenvalue weighted by Crippen LogP contribution is -2.01. The number of benzene rings is 2. The molecule has 0 unspecified atom stereocenters. The van der Waals surface area contributed by atoms with E-state index in [0.717, 1.165) is 22.0 Å². The topological polar surface area (TPSA) is 39.2 Å². The second-order valence-electron chi connectivity index (χ2n) is 4.71. The third-order valence-corrected chi connectivity index (χ3v) is 3.93. The van der Waals surface area contributed by atoms with Crippen LogP contribution in [0.3, 0.4) is 0 Å². The Labute approximate surface area is 137 Å². The van der Waals surface area contributed by atoms with Crippen molar-refractivity contribution in [3.05, 3.63) is 64.3 Å². The highest BCUT2D eigenvalue weighted by Crippen LogP contribution is 2.34. The van der Waals surface area contributed by atoms with Gasteiger partial charge in [0.05, 0.1) is 18.2 Å². The molecule has 1 aromatic heterocycles. The minimum absolute atomic E-state index is 0.390. The van der Waals surface area contributed by atoms with Gasteiger partial charge in [0.15, 0.2) is 0 Å². The SMILES string of the molecule is COC(=O)c1ccc2nccc(-c3ccc(Cl)cc3Cl)c2c1. The van der Waals surface area contributed by atoms with Gasteiger partial charge in [-0.05, 0) is 42.0 Å². The molecular formula is C17H11Cl2NO2. The van der Waals surface area contributed by atoms with E-state index in [1.165, 1.54) is 7.11 Å². The van der Waals surface area contributed by atoms with Crippen LogP contribution < -0.4 is 0 Å². The zero-order chi connectivity index (χ0) is 15.7. The van der Waals surface area contributed by atoms with E-state index in [1.807, 2.05) is 12.1 Å². The van der Waals surface area contributed by atoms with Crippen molar-refractivity contribution in [3.8, 4) is 11.1 Å². The van der Waals surface area contributed by atoms with Gasteiger partial charge < -0.3 is 4.74 Å². The molecule has 3 nitrogen and oxygen atoms in total. The van der Waals surface area contributed by atoms with Gasteiger partial charge in [0.1, 0.15) is 0 Å². The molecular weight excluding hydrogens is 321 g/mol. The maximum atomic E-state index is 11.7. The second-order valence-corrected chi connectivity index (χ2v) is 5.55. The van der Waals surface area contributed by atoms with Crippen LogP contribution in [-0.4, -0.2) is 18.1 Å². The first-order valence-electron chi connectivity index (χ1n) is 6.52. The standard InChI is InChI=1S/C17H11Cl2NO2/c1-22-17(21)10-2-5-16-14(8-10)12(6-7-20-16)13-4-3-11(18)9-15(13)19/h2-9H,1H3. The van der Waals surface area contributed by atoms with Gasteiger partial charge in [-0.1, -0.05) is 29.3 Å².